The molecule has 0 spiro atoms. The number of rotatable bonds is 13. The SMILES string of the molecule is Brc1ccc2cnccc2c1.C.CC(C)(C)OC(=O)N[C@H](CCC(=O)O)Cc1ccc(C(F)(F)F)cc1.N#Cc1ccc2cnccc2c1.N/C(=N\O)c1ccc2cnccc2c1.NO.N[C@H](CCc1nc(-c2ccc3cnccc3c2)no1)Cc1ccc(C(F)(F)F)cc1. The number of nitrogens with two attached hydrogens (primary N) is 3. The summed E-state index contributed by atoms with van der Waals surface area (Å²) in [5.74, 6) is 3.56. The highest BCUT2D eigenvalue weighted by atomic mass is 79.9. The number of aromatic nitrogens is 6. The molecular formula is C69H69BrF6N12O7. The highest BCUT2D eigenvalue weighted by Crippen LogP contribution is 2.31. The molecule has 0 saturated heterocycles. The van der Waals surface area contributed by atoms with Crippen molar-refractivity contribution in [2.45, 2.75) is 96.8 Å². The lowest BCUT2D eigenvalue weighted by Crippen LogP contribution is -2.40. The summed E-state index contributed by atoms with van der Waals surface area (Å²) < 4.78 is 87.2. The molecule has 11 rings (SSSR count). The molecule has 11 aromatic rings. The molecule has 10 N–H and O–H groups in total. The van der Waals surface area contributed by atoms with E-state index < -0.39 is 47.2 Å². The van der Waals surface area contributed by atoms with Crippen LogP contribution in [0.25, 0.3) is 54.5 Å². The molecule has 95 heavy (non-hydrogen) atoms. The number of alkyl halides is 6. The smallest absolute Gasteiger partial charge is 0.416 e. The van der Waals surface area contributed by atoms with Gasteiger partial charge in [-0.05, 0) is 164 Å². The van der Waals surface area contributed by atoms with Gasteiger partial charge in [0.2, 0.25) is 11.7 Å². The van der Waals surface area contributed by atoms with E-state index >= 15 is 0 Å². The molecule has 19 nitrogen and oxygen atoms in total. The average molecular weight is 1370 g/mol. The number of hydrogen-bond donors (Lipinski definition) is 7. The molecule has 5 aromatic heterocycles. The van der Waals surface area contributed by atoms with Crippen molar-refractivity contribution in [2.75, 3.05) is 0 Å². The predicted molar refractivity (Wildman–Crippen MR) is 355 cm³/mol. The highest BCUT2D eigenvalue weighted by Gasteiger charge is 2.31. The molecule has 0 fully saturated rings. The van der Waals surface area contributed by atoms with Gasteiger partial charge in [-0.2, -0.15) is 36.6 Å². The lowest BCUT2D eigenvalue weighted by Gasteiger charge is -2.23. The van der Waals surface area contributed by atoms with Crippen molar-refractivity contribution in [3.05, 3.63) is 239 Å². The number of nitriles is 1. The van der Waals surface area contributed by atoms with Crippen LogP contribution < -0.4 is 22.7 Å². The number of amidine groups is 1. The summed E-state index contributed by atoms with van der Waals surface area (Å²) >= 11 is 3.41. The molecule has 6 aromatic carbocycles. The van der Waals surface area contributed by atoms with E-state index in [1.807, 2.05) is 85.1 Å². The van der Waals surface area contributed by atoms with E-state index in [1.165, 1.54) is 35.0 Å². The van der Waals surface area contributed by atoms with E-state index in [2.05, 4.69) is 74.5 Å². The Kier molecular flexibility index (Phi) is 28.6. The van der Waals surface area contributed by atoms with Crippen LogP contribution in [0.1, 0.15) is 86.7 Å². The van der Waals surface area contributed by atoms with E-state index in [0.717, 1.165) is 72.2 Å². The Morgan fingerprint density at radius 2 is 1.13 bits per heavy atom. The number of carboxylic acids is 1. The predicted octanol–water partition coefficient (Wildman–Crippen LogP) is 15.2. The largest absolute Gasteiger partial charge is 0.481 e. The summed E-state index contributed by atoms with van der Waals surface area (Å²) in [6.07, 6.45) is 6.41. The number of carboxylic acid groups (broad SMARTS) is 1. The van der Waals surface area contributed by atoms with Gasteiger partial charge in [-0.1, -0.05) is 94.3 Å². The molecule has 496 valence electrons. The van der Waals surface area contributed by atoms with Crippen molar-refractivity contribution in [2.24, 2.45) is 22.5 Å². The summed E-state index contributed by atoms with van der Waals surface area (Å²) in [5.41, 5.74) is 13.0. The minimum Gasteiger partial charge on any atom is -0.481 e. The van der Waals surface area contributed by atoms with Crippen LogP contribution >= 0.6 is 15.9 Å². The summed E-state index contributed by atoms with van der Waals surface area (Å²) in [6.45, 7) is 5.07. The monoisotopic (exact) mass is 1370 g/mol. The fourth-order valence-corrected chi connectivity index (χ4v) is 9.24. The second kappa shape index (κ2) is 36.1. The maximum atomic E-state index is 12.6. The zero-order valence-electron chi connectivity index (χ0n) is 50.8. The molecule has 0 saturated carbocycles. The maximum absolute atomic E-state index is 12.6. The second-order valence-electron chi connectivity index (χ2n) is 21.7. The van der Waals surface area contributed by atoms with Crippen molar-refractivity contribution >= 4 is 76.9 Å². The highest BCUT2D eigenvalue weighted by molar-refractivity contribution is 9.10. The molecule has 0 unspecified atom stereocenters. The second-order valence-corrected chi connectivity index (χ2v) is 22.6. The number of ether oxygens (including phenoxy) is 1. The number of aliphatic carboxylic acids is 1. The maximum Gasteiger partial charge on any atom is 0.416 e. The van der Waals surface area contributed by atoms with Crippen LogP contribution in [0.5, 0.6) is 0 Å². The van der Waals surface area contributed by atoms with Crippen molar-refractivity contribution in [1.29, 1.82) is 5.26 Å². The van der Waals surface area contributed by atoms with Gasteiger partial charge >= 0.3 is 24.4 Å². The van der Waals surface area contributed by atoms with Crippen LogP contribution in [0.3, 0.4) is 0 Å². The quantitative estimate of drug-likeness (QED) is 0.0185. The zero-order chi connectivity index (χ0) is 68.4. The Hall–Kier alpha value is -10.5. The van der Waals surface area contributed by atoms with Crippen molar-refractivity contribution in [3.63, 3.8) is 0 Å². The summed E-state index contributed by atoms with van der Waals surface area (Å²) in [4.78, 5) is 43.2. The number of halogens is 7. The number of benzene rings is 6. The molecule has 1 amide bonds. The van der Waals surface area contributed by atoms with Gasteiger partial charge in [0.1, 0.15) is 5.60 Å². The van der Waals surface area contributed by atoms with Crippen molar-refractivity contribution in [3.8, 4) is 17.5 Å². The van der Waals surface area contributed by atoms with Crippen molar-refractivity contribution in [1.82, 2.24) is 35.4 Å². The summed E-state index contributed by atoms with van der Waals surface area (Å²) in [5, 5.41) is 50.6. The van der Waals surface area contributed by atoms with Crippen LogP contribution in [0.4, 0.5) is 31.1 Å². The van der Waals surface area contributed by atoms with Gasteiger partial charge in [0, 0.05) is 112 Å². The third kappa shape index (κ3) is 24.8. The number of carbonyl (C=O) groups excluding carboxylic acids is 1. The molecule has 0 aliphatic heterocycles. The molecule has 0 radical (unpaired) electrons. The van der Waals surface area contributed by atoms with E-state index in [4.69, 9.17) is 41.5 Å². The lowest BCUT2D eigenvalue weighted by atomic mass is 10.0. The molecule has 0 bridgehead atoms. The zero-order valence-corrected chi connectivity index (χ0v) is 52.4. The summed E-state index contributed by atoms with van der Waals surface area (Å²) in [6, 6.07) is 41.7. The first-order valence-corrected chi connectivity index (χ1v) is 29.4. The Morgan fingerprint density at radius 3 is 1.62 bits per heavy atom. The minimum absolute atomic E-state index is 0. The van der Waals surface area contributed by atoms with Gasteiger partial charge < -0.3 is 41.6 Å². The van der Waals surface area contributed by atoms with Crippen molar-refractivity contribution < 1.29 is 60.7 Å². The first-order valence-electron chi connectivity index (χ1n) is 28.6. The first-order chi connectivity index (χ1) is 44.8. The molecular weight excluding hydrogens is 1300 g/mol. The molecule has 2 atom stereocenters. The topological polar surface area (TPSA) is 321 Å². The number of aryl methyl sites for hydroxylation is 1. The molecule has 0 aliphatic carbocycles. The Balaban J connectivity index is 0.000000224. The number of fused-ring (bicyclic) bond motifs is 4. The minimum atomic E-state index is -4.42. The number of oxime groups is 1. The molecule has 26 heteroatoms. The number of pyridine rings is 4. The molecule has 5 heterocycles. The van der Waals surface area contributed by atoms with Crippen LogP contribution in [0, 0.1) is 11.3 Å². The fourth-order valence-electron chi connectivity index (χ4n) is 8.86. The Bertz CT molecular complexity index is 4320. The Morgan fingerprint density at radius 1 is 0.653 bits per heavy atom. The standard InChI is InChI=1S/C22H19F3N4O.C17H22F3NO4.C10H9N3O.C10H6N2.C9H6BrN.CH4.H3NO/c23-22(24,25)18-5-1-14(2-6-18)11-19(26)7-8-20-28-21(29-30-20)16-3-4-17-13-27-10-9-15(17)12-16;1-16(2,3)25-15(24)21-13(8-9-14(22)23)10-11-4-6-12(7-5-11)17(18,19)20;11-10(13-14)8-1-2-9-6-12-4-3-7(9)5-8;11-6-8-1-2-10-7-12-4-3-9(10)5-8;10-9-2-1-8-6-11-4-3-7(8)5-9;;1-2/h1-6,9-10,12-13,19H,7-8,11,26H2;4-7,13H,8-10H2,1-3H3,(H,21,24)(H,22,23);1-6,14H,(H2,11,13);1-5,7H;1-6H;1H4;2H,1H2/t19-;13-;;;;;/m11...../s1. The lowest BCUT2D eigenvalue weighted by molar-refractivity contribution is -0.138. The number of nitrogens with one attached hydrogen (secondary N) is 1. The molecule has 0 aliphatic rings. The van der Waals surface area contributed by atoms with Crippen LogP contribution in [-0.4, -0.2) is 81.2 Å². The number of hydrogen-bond acceptors (Lipinski definition) is 16. The van der Waals surface area contributed by atoms with E-state index in [-0.39, 0.29) is 38.6 Å². The third-order valence-corrected chi connectivity index (χ3v) is 14.0. The van der Waals surface area contributed by atoms with Gasteiger partial charge in [-0.25, -0.2) is 10.7 Å². The first kappa shape index (κ1) is 75.3. The fraction of sp³-hybridized carbons (Fsp3) is 0.217. The number of amides is 1. The van der Waals surface area contributed by atoms with Gasteiger partial charge in [-0.15, -0.1) is 0 Å². The van der Waals surface area contributed by atoms with E-state index in [1.54, 1.807) is 76.3 Å². The third-order valence-electron chi connectivity index (χ3n) is 13.5. The van der Waals surface area contributed by atoms with Gasteiger partial charge in [-0.3, -0.25) is 24.7 Å². The van der Waals surface area contributed by atoms with E-state index in [9.17, 15) is 35.9 Å². The normalized spacial score (nSPS) is 11.8. The Labute approximate surface area is 551 Å². The average Bonchev–Trinajstić information content (AvgIpc) is 1.84. The van der Waals surface area contributed by atoms with Gasteiger partial charge in [0.15, 0.2) is 5.84 Å². The van der Waals surface area contributed by atoms with Gasteiger partial charge in [0.05, 0.1) is 22.8 Å². The van der Waals surface area contributed by atoms with Crippen LogP contribution in [0.15, 0.2) is 209 Å². The number of alkyl carbamates (subject to hydrolysis) is 1. The van der Waals surface area contributed by atoms with Crippen LogP contribution in [0.2, 0.25) is 0 Å². The summed E-state index contributed by atoms with van der Waals surface area (Å²) in [7, 11) is 0. The van der Waals surface area contributed by atoms with Gasteiger partial charge in [0.25, 0.3) is 0 Å². The van der Waals surface area contributed by atoms with Crippen LogP contribution in [-0.2, 0) is 41.1 Å². The van der Waals surface area contributed by atoms with E-state index in [0.29, 0.717) is 47.7 Å². The number of nitrogens with zero attached hydrogens (tertiary/aromatic N) is 8. The number of carbonyl (C=O) groups is 2.